The van der Waals surface area contributed by atoms with Crippen molar-refractivity contribution >= 4 is 40.6 Å². The van der Waals surface area contributed by atoms with Crippen LogP contribution in [-0.2, 0) is 4.79 Å². The van der Waals surface area contributed by atoms with Crippen molar-refractivity contribution in [2.24, 2.45) is 5.92 Å². The fraction of sp³-hybridized carbons (Fsp3) is 0.833. The second-order valence-electron chi connectivity index (χ2n) is 2.41. The molecule has 0 aromatic rings. The summed E-state index contributed by atoms with van der Waals surface area (Å²) in [5, 5.41) is 0. The van der Waals surface area contributed by atoms with Crippen LogP contribution in [0.4, 0.5) is 0 Å². The van der Waals surface area contributed by atoms with Crippen LogP contribution in [-0.4, -0.2) is 9.58 Å². The third-order valence-electron chi connectivity index (χ3n) is 1.02. The Morgan fingerprint density at radius 2 is 1.80 bits per heavy atom. The lowest BCUT2D eigenvalue weighted by atomic mass is 10.1. The van der Waals surface area contributed by atoms with Gasteiger partial charge in [0.05, 0.1) is 6.42 Å². The fourth-order valence-corrected chi connectivity index (χ4v) is 0.797. The van der Waals surface area contributed by atoms with E-state index in [4.69, 9.17) is 34.8 Å². The van der Waals surface area contributed by atoms with E-state index in [1.807, 2.05) is 0 Å². The Hall–Kier alpha value is 0.540. The van der Waals surface area contributed by atoms with Gasteiger partial charge in [0.2, 0.25) is 0 Å². The number of carbonyl (C=O) groups is 1. The molecule has 0 rings (SSSR count). The summed E-state index contributed by atoms with van der Waals surface area (Å²) in [6, 6.07) is 0. The molecule has 0 spiro atoms. The van der Waals surface area contributed by atoms with E-state index in [-0.39, 0.29) is 18.1 Å². The van der Waals surface area contributed by atoms with E-state index in [1.54, 1.807) is 13.8 Å². The summed E-state index contributed by atoms with van der Waals surface area (Å²) in [6.07, 6.45) is -0.00463. The van der Waals surface area contributed by atoms with Crippen LogP contribution in [0.5, 0.6) is 0 Å². The summed E-state index contributed by atoms with van der Waals surface area (Å²) < 4.78 is -1.43. The van der Waals surface area contributed by atoms with Crippen LogP contribution in [0.1, 0.15) is 20.3 Å². The maximum Gasteiger partial charge on any atom is 0.197 e. The normalized spacial score (nSPS) is 12.2. The highest BCUT2D eigenvalue weighted by Crippen LogP contribution is 2.31. The summed E-state index contributed by atoms with van der Waals surface area (Å²) in [5.74, 6) is -0.0874. The second-order valence-corrected chi connectivity index (χ2v) is 4.93. The summed E-state index contributed by atoms with van der Waals surface area (Å²) in [7, 11) is 0. The molecule has 4 heteroatoms. The summed E-state index contributed by atoms with van der Waals surface area (Å²) in [6.45, 7) is 3.55. The predicted octanol–water partition coefficient (Wildman–Crippen LogP) is 2.97. The monoisotopic (exact) mass is 202 g/mol. The molecule has 0 aromatic carbocycles. The average molecular weight is 203 g/mol. The number of hydrogen-bond donors (Lipinski definition) is 0. The van der Waals surface area contributed by atoms with Gasteiger partial charge in [-0.25, -0.2) is 0 Å². The van der Waals surface area contributed by atoms with Gasteiger partial charge in [-0.15, -0.1) is 0 Å². The number of ketones is 1. The fourth-order valence-electron chi connectivity index (χ4n) is 0.402. The van der Waals surface area contributed by atoms with E-state index in [1.165, 1.54) is 0 Å². The minimum absolute atomic E-state index is 0.00463. The van der Waals surface area contributed by atoms with Gasteiger partial charge in [-0.05, 0) is 0 Å². The minimum Gasteiger partial charge on any atom is -0.299 e. The van der Waals surface area contributed by atoms with Crippen LogP contribution in [0, 0.1) is 5.92 Å². The van der Waals surface area contributed by atoms with Crippen LogP contribution in [0.2, 0.25) is 0 Å². The molecule has 0 atom stereocenters. The Balaban J connectivity index is 3.81. The molecule has 0 N–H and O–H groups in total. The van der Waals surface area contributed by atoms with E-state index in [0.29, 0.717) is 0 Å². The molecule has 0 radical (unpaired) electrons. The van der Waals surface area contributed by atoms with Gasteiger partial charge in [0, 0.05) is 5.92 Å². The predicted molar refractivity (Wildman–Crippen MR) is 44.8 cm³/mol. The highest BCUT2D eigenvalue weighted by molar-refractivity contribution is 6.68. The first-order valence-electron chi connectivity index (χ1n) is 2.92. The Morgan fingerprint density at radius 1 is 1.40 bits per heavy atom. The second kappa shape index (κ2) is 3.80. The molecule has 0 heterocycles. The van der Waals surface area contributed by atoms with Gasteiger partial charge in [0.1, 0.15) is 5.78 Å². The number of rotatable bonds is 2. The van der Waals surface area contributed by atoms with Crippen molar-refractivity contribution in [3.63, 3.8) is 0 Å². The standard InChI is InChI=1S/C6H9Cl3O/c1-4(2)5(10)3-6(7,8)9/h4H,3H2,1-2H3. The molecule has 10 heavy (non-hydrogen) atoms. The molecule has 0 aliphatic heterocycles. The first kappa shape index (κ1) is 10.5. The third kappa shape index (κ3) is 5.33. The molecule has 0 aromatic heterocycles. The number of carbonyl (C=O) groups excluding carboxylic acids is 1. The maximum absolute atomic E-state index is 10.9. The van der Waals surface area contributed by atoms with Crippen LogP contribution >= 0.6 is 34.8 Å². The molecular formula is C6H9Cl3O. The zero-order chi connectivity index (χ0) is 8.36. The Morgan fingerprint density at radius 3 is 1.90 bits per heavy atom. The first-order chi connectivity index (χ1) is 4.33. The van der Waals surface area contributed by atoms with Gasteiger partial charge >= 0.3 is 0 Å². The Labute approximate surface area is 75.6 Å². The van der Waals surface area contributed by atoms with Gasteiger partial charge in [-0.3, -0.25) is 4.79 Å². The third-order valence-corrected chi connectivity index (χ3v) is 1.42. The van der Waals surface area contributed by atoms with Crippen molar-refractivity contribution in [1.29, 1.82) is 0 Å². The van der Waals surface area contributed by atoms with E-state index >= 15 is 0 Å². The van der Waals surface area contributed by atoms with Crippen molar-refractivity contribution in [2.45, 2.75) is 24.1 Å². The van der Waals surface area contributed by atoms with Gasteiger partial charge in [-0.1, -0.05) is 48.7 Å². The molecule has 0 bridgehead atoms. The van der Waals surface area contributed by atoms with Crippen LogP contribution in [0.15, 0.2) is 0 Å². The zero-order valence-corrected chi connectivity index (χ0v) is 8.09. The van der Waals surface area contributed by atoms with E-state index < -0.39 is 3.79 Å². The highest BCUT2D eigenvalue weighted by Gasteiger charge is 2.24. The largest absolute Gasteiger partial charge is 0.299 e. The quantitative estimate of drug-likeness (QED) is 0.631. The van der Waals surface area contributed by atoms with Gasteiger partial charge in [-0.2, -0.15) is 0 Å². The lowest BCUT2D eigenvalue weighted by molar-refractivity contribution is -0.121. The van der Waals surface area contributed by atoms with Crippen molar-refractivity contribution in [2.75, 3.05) is 0 Å². The van der Waals surface area contributed by atoms with E-state index in [0.717, 1.165) is 0 Å². The molecule has 60 valence electrons. The summed E-state index contributed by atoms with van der Waals surface area (Å²) in [5.41, 5.74) is 0. The number of alkyl halides is 3. The molecular weight excluding hydrogens is 194 g/mol. The molecule has 0 saturated carbocycles. The van der Waals surface area contributed by atoms with Gasteiger partial charge in [0.15, 0.2) is 3.79 Å². The van der Waals surface area contributed by atoms with Crippen LogP contribution in [0.3, 0.4) is 0 Å². The van der Waals surface area contributed by atoms with E-state index in [9.17, 15) is 4.79 Å². The number of halogens is 3. The van der Waals surface area contributed by atoms with Crippen LogP contribution < -0.4 is 0 Å². The highest BCUT2D eigenvalue weighted by atomic mass is 35.6. The first-order valence-corrected chi connectivity index (χ1v) is 4.06. The lowest BCUT2D eigenvalue weighted by Crippen LogP contribution is -2.15. The average Bonchev–Trinajstić information content (AvgIpc) is 1.60. The van der Waals surface area contributed by atoms with Crippen molar-refractivity contribution < 1.29 is 4.79 Å². The zero-order valence-electron chi connectivity index (χ0n) is 5.83. The molecule has 0 aliphatic rings. The van der Waals surface area contributed by atoms with Crippen molar-refractivity contribution in [1.82, 2.24) is 0 Å². The molecule has 0 amide bonds. The Kier molecular flexibility index (Phi) is 4.00. The topological polar surface area (TPSA) is 17.1 Å². The van der Waals surface area contributed by atoms with E-state index in [2.05, 4.69) is 0 Å². The molecule has 0 fully saturated rings. The molecule has 1 nitrogen and oxygen atoms in total. The minimum atomic E-state index is -1.43. The molecule has 0 aliphatic carbocycles. The van der Waals surface area contributed by atoms with Gasteiger partial charge < -0.3 is 0 Å². The lowest BCUT2D eigenvalue weighted by Gasteiger charge is -2.10. The van der Waals surface area contributed by atoms with Crippen molar-refractivity contribution in [3.05, 3.63) is 0 Å². The van der Waals surface area contributed by atoms with Gasteiger partial charge in [0.25, 0.3) is 0 Å². The van der Waals surface area contributed by atoms with Crippen molar-refractivity contribution in [3.8, 4) is 0 Å². The molecule has 0 saturated heterocycles. The Bertz CT molecular complexity index is 125. The molecule has 0 unspecified atom stereocenters. The number of hydrogen-bond acceptors (Lipinski definition) is 1. The summed E-state index contributed by atoms with van der Waals surface area (Å²) in [4.78, 5) is 10.9. The maximum atomic E-state index is 10.9. The van der Waals surface area contributed by atoms with Crippen LogP contribution in [0.25, 0.3) is 0 Å². The smallest absolute Gasteiger partial charge is 0.197 e. The number of Topliss-reactive ketones (excluding diaryl/α,β-unsaturated/α-hetero) is 1. The summed E-state index contributed by atoms with van der Waals surface area (Å²) >= 11 is 16.1. The SMILES string of the molecule is CC(C)C(=O)CC(Cl)(Cl)Cl.